The number of sulfonamides is 1. The number of carboxylic acid groups (broad SMARTS) is 1. The number of halogens is 4. The van der Waals surface area contributed by atoms with Crippen LogP contribution < -0.4 is 4.72 Å². The molecule has 1 aromatic rings. The maximum atomic E-state index is 12.8. The summed E-state index contributed by atoms with van der Waals surface area (Å²) in [4.78, 5) is 10.3. The maximum Gasteiger partial charge on any atom is 0.407 e. The van der Waals surface area contributed by atoms with Crippen molar-refractivity contribution in [3.05, 3.63) is 28.2 Å². The topological polar surface area (TPSA) is 83.5 Å². The van der Waals surface area contributed by atoms with Crippen LogP contribution in [0.4, 0.5) is 13.2 Å². The van der Waals surface area contributed by atoms with Crippen molar-refractivity contribution in [2.24, 2.45) is 0 Å². The van der Waals surface area contributed by atoms with E-state index < -0.39 is 32.6 Å². The largest absolute Gasteiger partial charge is 0.478 e. The monoisotopic (exact) mass is 387 g/mol. The van der Waals surface area contributed by atoms with Gasteiger partial charge in [-0.3, -0.25) is 0 Å². The number of rotatable bonds is 4. The van der Waals surface area contributed by atoms with Gasteiger partial charge in [-0.2, -0.15) is 17.9 Å². The molecule has 0 heterocycles. The van der Waals surface area contributed by atoms with E-state index in [0.29, 0.717) is 0 Å². The summed E-state index contributed by atoms with van der Waals surface area (Å²) < 4.78 is 64.3. The second-order valence-corrected chi connectivity index (χ2v) is 7.14. The average molecular weight is 388 g/mol. The van der Waals surface area contributed by atoms with Crippen LogP contribution >= 0.6 is 15.9 Å². The Labute approximate surface area is 126 Å². The molecule has 2 rings (SSSR count). The smallest absolute Gasteiger partial charge is 0.407 e. The summed E-state index contributed by atoms with van der Waals surface area (Å²) in [6.45, 7) is 0. The molecule has 0 atom stereocenters. The minimum atomic E-state index is -4.70. The lowest BCUT2D eigenvalue weighted by molar-refractivity contribution is -0.160. The van der Waals surface area contributed by atoms with E-state index in [1.807, 2.05) is 0 Å². The van der Waals surface area contributed by atoms with Crippen LogP contribution in [0.15, 0.2) is 27.6 Å². The van der Waals surface area contributed by atoms with Gasteiger partial charge >= 0.3 is 12.1 Å². The van der Waals surface area contributed by atoms with Gasteiger partial charge in [-0.25, -0.2) is 13.2 Å². The van der Waals surface area contributed by atoms with Gasteiger partial charge in [-0.15, -0.1) is 0 Å². The molecule has 0 aromatic heterocycles. The lowest BCUT2D eigenvalue weighted by atomic mass is 10.2. The summed E-state index contributed by atoms with van der Waals surface area (Å²) in [6, 6.07) is 3.11. The van der Waals surface area contributed by atoms with Gasteiger partial charge in [0.2, 0.25) is 10.0 Å². The fourth-order valence-electron chi connectivity index (χ4n) is 1.72. The Hall–Kier alpha value is -1.13. The molecule has 0 amide bonds. The second-order valence-electron chi connectivity index (χ2n) is 4.64. The first-order chi connectivity index (χ1) is 9.48. The van der Waals surface area contributed by atoms with E-state index in [9.17, 15) is 26.4 Å². The number of aromatic carboxylic acids is 1. The highest BCUT2D eigenvalue weighted by Crippen LogP contribution is 2.49. The van der Waals surface area contributed by atoms with Gasteiger partial charge in [-0.1, -0.05) is 0 Å². The number of carboxylic acids is 1. The van der Waals surface area contributed by atoms with Crippen LogP contribution in [-0.4, -0.2) is 31.2 Å². The van der Waals surface area contributed by atoms with Crippen molar-refractivity contribution >= 4 is 31.9 Å². The van der Waals surface area contributed by atoms with Crippen molar-refractivity contribution in [3.8, 4) is 0 Å². The number of carbonyl (C=O) groups is 1. The van der Waals surface area contributed by atoms with Crippen LogP contribution in [0.5, 0.6) is 0 Å². The minimum Gasteiger partial charge on any atom is -0.478 e. The van der Waals surface area contributed by atoms with Crippen LogP contribution in [0.3, 0.4) is 0 Å². The Balaban J connectivity index is 2.41. The summed E-state index contributed by atoms with van der Waals surface area (Å²) in [5, 5.41) is 8.83. The first kappa shape index (κ1) is 16.2. The normalized spacial score (nSPS) is 17.5. The Bertz CT molecular complexity index is 698. The predicted molar refractivity (Wildman–Crippen MR) is 69.4 cm³/mol. The average Bonchev–Trinajstić information content (AvgIpc) is 3.08. The molecular weight excluding hydrogens is 379 g/mol. The zero-order chi connectivity index (χ0) is 16.1. The van der Waals surface area contributed by atoms with Gasteiger partial charge in [-0.05, 0) is 47.0 Å². The molecule has 21 heavy (non-hydrogen) atoms. The van der Waals surface area contributed by atoms with E-state index in [0.717, 1.165) is 18.2 Å². The molecule has 1 aliphatic carbocycles. The summed E-state index contributed by atoms with van der Waals surface area (Å²) in [7, 11) is -4.51. The van der Waals surface area contributed by atoms with Crippen molar-refractivity contribution in [3.63, 3.8) is 0 Å². The van der Waals surface area contributed by atoms with Gasteiger partial charge in [0.25, 0.3) is 0 Å². The lowest BCUT2D eigenvalue weighted by Crippen LogP contribution is -2.47. The molecule has 5 nitrogen and oxygen atoms in total. The SMILES string of the molecule is O=C(O)c1ccc(Br)c(S(=O)(=O)NC2(C(F)(F)F)CC2)c1. The molecule has 0 radical (unpaired) electrons. The molecule has 1 saturated carbocycles. The predicted octanol–water partition coefficient (Wildman–Crippen LogP) is 2.52. The van der Waals surface area contributed by atoms with E-state index in [1.54, 1.807) is 4.72 Å². The molecule has 0 unspecified atom stereocenters. The third-order valence-electron chi connectivity index (χ3n) is 3.09. The molecule has 0 saturated heterocycles. The van der Waals surface area contributed by atoms with Gasteiger partial charge in [0.15, 0.2) is 0 Å². The van der Waals surface area contributed by atoms with E-state index >= 15 is 0 Å². The van der Waals surface area contributed by atoms with Gasteiger partial charge in [0.1, 0.15) is 5.54 Å². The maximum absolute atomic E-state index is 12.8. The molecule has 10 heteroatoms. The standard InChI is InChI=1S/C11H9BrF3NO4S/c12-7-2-1-6(9(17)18)5-8(7)21(19,20)16-10(3-4-10)11(13,14)15/h1-2,5,16H,3-4H2,(H,17,18). The van der Waals surface area contributed by atoms with Gasteiger partial charge < -0.3 is 5.11 Å². The van der Waals surface area contributed by atoms with E-state index in [1.165, 1.54) is 0 Å². The molecule has 2 N–H and O–H groups in total. The molecule has 0 aliphatic heterocycles. The Morgan fingerprint density at radius 1 is 1.33 bits per heavy atom. The molecule has 0 spiro atoms. The third kappa shape index (κ3) is 3.06. The van der Waals surface area contributed by atoms with Crippen molar-refractivity contribution in [2.75, 3.05) is 0 Å². The quantitative estimate of drug-likeness (QED) is 0.831. The molecular formula is C11H9BrF3NO4S. The van der Waals surface area contributed by atoms with Gasteiger partial charge in [0.05, 0.1) is 10.5 Å². The Kier molecular flexibility index (Phi) is 3.83. The molecule has 116 valence electrons. The van der Waals surface area contributed by atoms with Crippen LogP contribution in [-0.2, 0) is 10.0 Å². The zero-order valence-electron chi connectivity index (χ0n) is 10.2. The van der Waals surface area contributed by atoms with Crippen molar-refractivity contribution < 1.29 is 31.5 Å². The van der Waals surface area contributed by atoms with E-state index in [-0.39, 0.29) is 22.9 Å². The first-order valence-electron chi connectivity index (χ1n) is 5.62. The molecule has 1 aromatic carbocycles. The Morgan fingerprint density at radius 2 is 1.90 bits per heavy atom. The number of alkyl halides is 3. The Morgan fingerprint density at radius 3 is 2.33 bits per heavy atom. The van der Waals surface area contributed by atoms with Gasteiger partial charge in [0, 0.05) is 4.47 Å². The molecule has 1 aliphatic rings. The second kappa shape index (κ2) is 4.96. The summed E-state index contributed by atoms with van der Waals surface area (Å²) in [5.74, 6) is -1.38. The third-order valence-corrected chi connectivity index (χ3v) is 5.62. The van der Waals surface area contributed by atoms with Crippen molar-refractivity contribution in [1.82, 2.24) is 4.72 Å². The molecule has 1 fully saturated rings. The van der Waals surface area contributed by atoms with E-state index in [4.69, 9.17) is 5.11 Å². The van der Waals surface area contributed by atoms with Crippen molar-refractivity contribution in [1.29, 1.82) is 0 Å². The summed E-state index contributed by atoms with van der Waals surface area (Å²) in [5.41, 5.74) is -2.79. The summed E-state index contributed by atoms with van der Waals surface area (Å²) in [6.07, 6.45) is -5.38. The fraction of sp³-hybridized carbons (Fsp3) is 0.364. The zero-order valence-corrected chi connectivity index (χ0v) is 12.6. The number of nitrogens with one attached hydrogen (secondary N) is 1. The highest BCUT2D eigenvalue weighted by atomic mass is 79.9. The molecule has 0 bridgehead atoms. The number of hydrogen-bond donors (Lipinski definition) is 2. The van der Waals surface area contributed by atoms with Crippen LogP contribution in [0, 0.1) is 0 Å². The minimum absolute atomic E-state index is 0.0158. The van der Waals surface area contributed by atoms with Crippen molar-refractivity contribution in [2.45, 2.75) is 29.5 Å². The summed E-state index contributed by atoms with van der Waals surface area (Å²) >= 11 is 2.90. The van der Waals surface area contributed by atoms with Crippen LogP contribution in [0.1, 0.15) is 23.2 Å². The highest BCUT2D eigenvalue weighted by molar-refractivity contribution is 9.10. The number of hydrogen-bond acceptors (Lipinski definition) is 3. The first-order valence-corrected chi connectivity index (χ1v) is 7.90. The number of benzene rings is 1. The fourth-order valence-corrected chi connectivity index (χ4v) is 4.16. The highest BCUT2D eigenvalue weighted by Gasteiger charge is 2.65. The van der Waals surface area contributed by atoms with Crippen LogP contribution in [0.2, 0.25) is 0 Å². The van der Waals surface area contributed by atoms with E-state index in [2.05, 4.69) is 15.9 Å². The van der Waals surface area contributed by atoms with Crippen LogP contribution in [0.25, 0.3) is 0 Å². The lowest BCUT2D eigenvalue weighted by Gasteiger charge is -2.21.